The predicted octanol–water partition coefficient (Wildman–Crippen LogP) is 5.52. The highest BCUT2D eigenvalue weighted by atomic mass is 32.1. The third-order valence-corrected chi connectivity index (χ3v) is 6.74. The molecule has 33 heavy (non-hydrogen) atoms. The van der Waals surface area contributed by atoms with Crippen LogP contribution in [0.1, 0.15) is 19.4 Å². The van der Waals surface area contributed by atoms with Gasteiger partial charge in [-0.3, -0.25) is 4.98 Å². The van der Waals surface area contributed by atoms with Crippen LogP contribution in [0.15, 0.2) is 54.0 Å². The number of aromatic nitrogens is 2. The first kappa shape index (κ1) is 21.4. The van der Waals surface area contributed by atoms with Crippen molar-refractivity contribution in [2.24, 2.45) is 0 Å². The SMILES string of the molecule is COc1c(-c2csc(N3CCOC(C)(C)C3)n2)cnc2c(-c3ccc(C#N)cc3)cccc12. The quantitative estimate of drug-likeness (QED) is 0.403. The van der Waals surface area contributed by atoms with Crippen molar-refractivity contribution in [2.45, 2.75) is 19.4 Å². The van der Waals surface area contributed by atoms with Gasteiger partial charge < -0.3 is 14.4 Å². The number of thiazole rings is 1. The molecule has 6 nitrogen and oxygen atoms in total. The van der Waals surface area contributed by atoms with Gasteiger partial charge in [0.15, 0.2) is 5.13 Å². The highest BCUT2D eigenvalue weighted by molar-refractivity contribution is 7.14. The monoisotopic (exact) mass is 456 g/mol. The van der Waals surface area contributed by atoms with Crippen LogP contribution < -0.4 is 9.64 Å². The number of fused-ring (bicyclic) bond motifs is 1. The fraction of sp³-hybridized carbons (Fsp3) is 0.269. The van der Waals surface area contributed by atoms with E-state index in [4.69, 9.17) is 24.7 Å². The zero-order chi connectivity index (χ0) is 23.0. The number of hydrogen-bond donors (Lipinski definition) is 0. The minimum Gasteiger partial charge on any atom is -0.495 e. The largest absolute Gasteiger partial charge is 0.495 e. The summed E-state index contributed by atoms with van der Waals surface area (Å²) in [5, 5.41) is 13.1. The first-order valence-corrected chi connectivity index (χ1v) is 11.7. The molecule has 0 atom stereocenters. The van der Waals surface area contributed by atoms with Crippen LogP contribution >= 0.6 is 11.3 Å². The van der Waals surface area contributed by atoms with E-state index in [9.17, 15) is 0 Å². The second kappa shape index (κ2) is 8.47. The molecule has 0 bridgehead atoms. The Kier molecular flexibility index (Phi) is 5.49. The lowest BCUT2D eigenvalue weighted by Crippen LogP contribution is -2.48. The molecule has 2 aromatic carbocycles. The molecule has 0 unspecified atom stereocenters. The summed E-state index contributed by atoms with van der Waals surface area (Å²) in [6.45, 7) is 6.55. The molecule has 0 amide bonds. The van der Waals surface area contributed by atoms with Gasteiger partial charge in [0.1, 0.15) is 5.75 Å². The maximum atomic E-state index is 9.10. The number of hydrogen-bond acceptors (Lipinski definition) is 7. The van der Waals surface area contributed by atoms with Crippen molar-refractivity contribution >= 4 is 27.4 Å². The van der Waals surface area contributed by atoms with E-state index in [1.54, 1.807) is 18.4 Å². The van der Waals surface area contributed by atoms with Gasteiger partial charge in [0.25, 0.3) is 0 Å². The molecule has 0 spiro atoms. The van der Waals surface area contributed by atoms with Crippen LogP contribution in [0.4, 0.5) is 5.13 Å². The number of para-hydroxylation sites is 1. The second-order valence-electron chi connectivity index (χ2n) is 8.64. The molecule has 1 saturated heterocycles. The van der Waals surface area contributed by atoms with Gasteiger partial charge in [-0.1, -0.05) is 24.3 Å². The van der Waals surface area contributed by atoms with Gasteiger partial charge >= 0.3 is 0 Å². The average molecular weight is 457 g/mol. The van der Waals surface area contributed by atoms with Crippen LogP contribution in [-0.4, -0.2) is 42.4 Å². The molecule has 7 heteroatoms. The second-order valence-corrected chi connectivity index (χ2v) is 9.48. The number of methoxy groups -OCH3 is 1. The summed E-state index contributed by atoms with van der Waals surface area (Å²) in [5.41, 5.74) is 5.03. The Labute approximate surface area is 197 Å². The van der Waals surface area contributed by atoms with Gasteiger partial charge in [-0.2, -0.15) is 5.26 Å². The van der Waals surface area contributed by atoms with Crippen LogP contribution in [0.5, 0.6) is 5.75 Å². The third kappa shape index (κ3) is 4.04. The summed E-state index contributed by atoms with van der Waals surface area (Å²) in [4.78, 5) is 12.0. The van der Waals surface area contributed by atoms with E-state index in [0.717, 1.165) is 57.3 Å². The predicted molar refractivity (Wildman–Crippen MR) is 132 cm³/mol. The summed E-state index contributed by atoms with van der Waals surface area (Å²) in [6.07, 6.45) is 1.84. The fourth-order valence-electron chi connectivity index (χ4n) is 4.27. The lowest BCUT2D eigenvalue weighted by molar-refractivity contribution is -0.0276. The van der Waals surface area contributed by atoms with Gasteiger partial charge in [0, 0.05) is 35.6 Å². The molecule has 2 aromatic heterocycles. The Balaban J connectivity index is 1.55. The number of rotatable bonds is 4. The van der Waals surface area contributed by atoms with Crippen molar-refractivity contribution in [3.8, 4) is 34.2 Å². The first-order chi connectivity index (χ1) is 16.0. The minimum atomic E-state index is -0.186. The van der Waals surface area contributed by atoms with Crippen molar-refractivity contribution in [3.63, 3.8) is 0 Å². The van der Waals surface area contributed by atoms with E-state index in [2.05, 4.69) is 30.2 Å². The number of nitriles is 1. The van der Waals surface area contributed by atoms with Gasteiger partial charge in [0.2, 0.25) is 0 Å². The van der Waals surface area contributed by atoms with E-state index in [0.29, 0.717) is 12.2 Å². The smallest absolute Gasteiger partial charge is 0.186 e. The Morgan fingerprint density at radius 1 is 1.15 bits per heavy atom. The van der Waals surface area contributed by atoms with Crippen LogP contribution in [0.3, 0.4) is 0 Å². The highest BCUT2D eigenvalue weighted by Crippen LogP contribution is 2.40. The topological polar surface area (TPSA) is 71.3 Å². The average Bonchev–Trinajstić information content (AvgIpc) is 3.32. The molecular formula is C26H24N4O2S. The van der Waals surface area contributed by atoms with Crippen LogP contribution in [0.25, 0.3) is 33.3 Å². The number of nitrogens with zero attached hydrogens (tertiary/aromatic N) is 4. The lowest BCUT2D eigenvalue weighted by Gasteiger charge is -2.37. The van der Waals surface area contributed by atoms with Crippen molar-refractivity contribution in [1.82, 2.24) is 9.97 Å². The van der Waals surface area contributed by atoms with E-state index < -0.39 is 0 Å². The molecule has 0 aliphatic carbocycles. The van der Waals surface area contributed by atoms with Gasteiger partial charge in [-0.25, -0.2) is 4.98 Å². The van der Waals surface area contributed by atoms with E-state index >= 15 is 0 Å². The Morgan fingerprint density at radius 2 is 1.97 bits per heavy atom. The molecular weight excluding hydrogens is 432 g/mol. The maximum absolute atomic E-state index is 9.10. The van der Waals surface area contributed by atoms with Crippen molar-refractivity contribution in [2.75, 3.05) is 31.7 Å². The van der Waals surface area contributed by atoms with E-state index in [-0.39, 0.29) is 5.60 Å². The fourth-order valence-corrected chi connectivity index (χ4v) is 5.12. The summed E-state index contributed by atoms with van der Waals surface area (Å²) < 4.78 is 11.7. The summed E-state index contributed by atoms with van der Waals surface area (Å²) in [6, 6.07) is 15.8. The van der Waals surface area contributed by atoms with Crippen molar-refractivity contribution < 1.29 is 9.47 Å². The molecule has 4 aromatic rings. The van der Waals surface area contributed by atoms with Gasteiger partial charge in [-0.15, -0.1) is 11.3 Å². The van der Waals surface area contributed by atoms with Crippen molar-refractivity contribution in [3.05, 3.63) is 59.6 Å². The molecule has 3 heterocycles. The maximum Gasteiger partial charge on any atom is 0.186 e. The molecule has 0 saturated carbocycles. The standard InChI is InChI=1S/C26H24N4O2S/c1-26(2)16-30(11-12-32-26)25-29-22(15-33-25)21-14-28-23-19(5-4-6-20(23)24(21)31-3)18-9-7-17(13-27)8-10-18/h4-10,14-15H,11-12,16H2,1-3H3. The summed E-state index contributed by atoms with van der Waals surface area (Å²) in [5.74, 6) is 0.759. The number of anilines is 1. The van der Waals surface area contributed by atoms with E-state index in [1.165, 1.54) is 0 Å². The Bertz CT molecular complexity index is 1360. The van der Waals surface area contributed by atoms with Crippen LogP contribution in [0.2, 0.25) is 0 Å². The van der Waals surface area contributed by atoms with Gasteiger partial charge in [-0.05, 0) is 37.6 Å². The number of morpholine rings is 1. The van der Waals surface area contributed by atoms with Crippen molar-refractivity contribution in [1.29, 1.82) is 5.26 Å². The zero-order valence-electron chi connectivity index (χ0n) is 18.8. The van der Waals surface area contributed by atoms with Crippen LogP contribution in [-0.2, 0) is 4.74 Å². The zero-order valence-corrected chi connectivity index (χ0v) is 19.6. The normalized spacial score (nSPS) is 15.4. The lowest BCUT2D eigenvalue weighted by atomic mass is 9.99. The third-order valence-electron chi connectivity index (χ3n) is 5.84. The summed E-state index contributed by atoms with van der Waals surface area (Å²) in [7, 11) is 1.68. The number of pyridine rings is 1. The molecule has 166 valence electrons. The molecule has 0 N–H and O–H groups in total. The van der Waals surface area contributed by atoms with Crippen LogP contribution in [0, 0.1) is 11.3 Å². The molecule has 0 radical (unpaired) electrons. The molecule has 1 aliphatic heterocycles. The highest BCUT2D eigenvalue weighted by Gasteiger charge is 2.29. The molecule has 5 rings (SSSR count). The number of benzene rings is 2. The number of ether oxygens (including phenoxy) is 2. The molecule has 1 fully saturated rings. The Hall–Kier alpha value is -3.47. The minimum absolute atomic E-state index is 0.186. The van der Waals surface area contributed by atoms with Gasteiger partial charge in [0.05, 0.1) is 47.7 Å². The summed E-state index contributed by atoms with van der Waals surface area (Å²) >= 11 is 1.63. The molecule has 1 aliphatic rings. The first-order valence-electron chi connectivity index (χ1n) is 10.8. The Morgan fingerprint density at radius 3 is 2.70 bits per heavy atom. The van der Waals surface area contributed by atoms with E-state index in [1.807, 2.05) is 48.7 Å².